The molecular weight excluding hydrogens is 182 g/mol. The minimum Gasteiger partial charge on any atom is -0.452 e. The summed E-state index contributed by atoms with van der Waals surface area (Å²) in [4.78, 5) is 10.4. The highest BCUT2D eigenvalue weighted by Crippen LogP contribution is 1.89. The summed E-state index contributed by atoms with van der Waals surface area (Å²) >= 11 is -1.78. The number of hydrogen-bond acceptors (Lipinski definition) is 4. The van der Waals surface area contributed by atoms with Crippen molar-refractivity contribution in [2.24, 2.45) is 0 Å². The van der Waals surface area contributed by atoms with Crippen LogP contribution in [-0.2, 0) is 20.2 Å². The van der Waals surface area contributed by atoms with Gasteiger partial charge in [-0.15, -0.1) is 0 Å². The molecule has 0 saturated heterocycles. The monoisotopic (exact) mass is 195 g/mol. The number of unbranched alkanes of at least 4 members (excludes halogenated alkanes) is 1. The van der Waals surface area contributed by atoms with Gasteiger partial charge in [-0.1, -0.05) is 13.3 Å². The van der Waals surface area contributed by atoms with Crippen LogP contribution in [0, 0.1) is 0 Å². The third-order valence-electron chi connectivity index (χ3n) is 1.04. The van der Waals surface area contributed by atoms with Crippen molar-refractivity contribution in [3.05, 3.63) is 0 Å². The summed E-state index contributed by atoms with van der Waals surface area (Å²) < 4.78 is 21.7. The molecule has 6 heteroatoms. The standard InChI is InChI=1S/C6H13NO4S/c1-3-4-5-11-12(9)7-6(8)10-2/h3-5H2,1-2H3,(H,7,8). The second-order valence-corrected chi connectivity index (χ2v) is 2.91. The molecule has 72 valence electrons. The van der Waals surface area contributed by atoms with Gasteiger partial charge in [0.2, 0.25) is 0 Å². The summed E-state index contributed by atoms with van der Waals surface area (Å²) in [6.07, 6.45) is 1.01. The number of nitrogens with one attached hydrogen (secondary N) is 1. The highest BCUT2D eigenvalue weighted by Gasteiger charge is 2.04. The van der Waals surface area contributed by atoms with Crippen molar-refractivity contribution in [3.63, 3.8) is 0 Å². The summed E-state index contributed by atoms with van der Waals surface area (Å²) in [5.74, 6) is 0. The van der Waals surface area contributed by atoms with E-state index in [0.717, 1.165) is 12.8 Å². The topological polar surface area (TPSA) is 64.6 Å². The van der Waals surface area contributed by atoms with Crippen LogP contribution in [0.15, 0.2) is 0 Å². The van der Waals surface area contributed by atoms with Crippen LogP contribution in [0.2, 0.25) is 0 Å². The van der Waals surface area contributed by atoms with Crippen molar-refractivity contribution >= 4 is 17.4 Å². The van der Waals surface area contributed by atoms with E-state index in [9.17, 15) is 9.00 Å². The lowest BCUT2D eigenvalue weighted by atomic mass is 10.4. The van der Waals surface area contributed by atoms with Crippen molar-refractivity contribution in [1.29, 1.82) is 0 Å². The molecule has 1 amide bonds. The third kappa shape index (κ3) is 6.11. The van der Waals surface area contributed by atoms with Crippen LogP contribution >= 0.6 is 0 Å². The summed E-state index contributed by atoms with van der Waals surface area (Å²) in [6.45, 7) is 2.35. The van der Waals surface area contributed by atoms with E-state index < -0.39 is 17.4 Å². The Kier molecular flexibility index (Phi) is 6.69. The molecule has 1 unspecified atom stereocenters. The molecule has 1 N–H and O–H groups in total. The fourth-order valence-corrected chi connectivity index (χ4v) is 0.966. The lowest BCUT2D eigenvalue weighted by Gasteiger charge is -2.02. The predicted molar refractivity (Wildman–Crippen MR) is 44.5 cm³/mol. The van der Waals surface area contributed by atoms with E-state index in [1.165, 1.54) is 7.11 Å². The first-order valence-electron chi connectivity index (χ1n) is 3.60. The maximum Gasteiger partial charge on any atom is 0.420 e. The van der Waals surface area contributed by atoms with Crippen molar-refractivity contribution in [2.45, 2.75) is 19.8 Å². The molecule has 0 aromatic rings. The van der Waals surface area contributed by atoms with Crippen molar-refractivity contribution in [1.82, 2.24) is 4.72 Å². The molecule has 0 bridgehead atoms. The van der Waals surface area contributed by atoms with Gasteiger partial charge < -0.3 is 4.74 Å². The molecule has 0 heterocycles. The molecule has 0 spiro atoms. The van der Waals surface area contributed by atoms with Crippen LogP contribution in [-0.4, -0.2) is 24.0 Å². The van der Waals surface area contributed by atoms with E-state index in [0.29, 0.717) is 6.61 Å². The van der Waals surface area contributed by atoms with Gasteiger partial charge in [-0.05, 0) is 6.42 Å². The smallest absolute Gasteiger partial charge is 0.420 e. The summed E-state index contributed by atoms with van der Waals surface area (Å²) in [5.41, 5.74) is 0. The summed E-state index contributed by atoms with van der Waals surface area (Å²) in [5, 5.41) is 0. The maximum absolute atomic E-state index is 10.8. The zero-order chi connectivity index (χ0) is 9.40. The minimum absolute atomic E-state index is 0.368. The Balaban J connectivity index is 3.40. The van der Waals surface area contributed by atoms with E-state index >= 15 is 0 Å². The predicted octanol–water partition coefficient (Wildman–Crippen LogP) is 0.738. The fourth-order valence-electron chi connectivity index (χ4n) is 0.418. The molecule has 0 aliphatic heterocycles. The first-order chi connectivity index (χ1) is 5.70. The number of ether oxygens (including phenoxy) is 1. The van der Waals surface area contributed by atoms with Crippen molar-refractivity contribution in [3.8, 4) is 0 Å². The van der Waals surface area contributed by atoms with E-state index in [4.69, 9.17) is 4.18 Å². The second-order valence-electron chi connectivity index (χ2n) is 2.00. The molecule has 0 aliphatic carbocycles. The van der Waals surface area contributed by atoms with Crippen LogP contribution in [0.5, 0.6) is 0 Å². The van der Waals surface area contributed by atoms with Crippen LogP contribution in [0.1, 0.15) is 19.8 Å². The van der Waals surface area contributed by atoms with E-state index in [-0.39, 0.29) is 0 Å². The van der Waals surface area contributed by atoms with Gasteiger partial charge >= 0.3 is 6.09 Å². The van der Waals surface area contributed by atoms with Gasteiger partial charge in [-0.3, -0.25) is 4.18 Å². The number of amides is 1. The van der Waals surface area contributed by atoms with Crippen LogP contribution in [0.25, 0.3) is 0 Å². The normalized spacial score (nSPS) is 12.2. The zero-order valence-corrected chi connectivity index (χ0v) is 7.98. The van der Waals surface area contributed by atoms with Gasteiger partial charge in [-0.25, -0.2) is 13.7 Å². The summed E-state index contributed by atoms with van der Waals surface area (Å²) in [7, 11) is 1.19. The number of hydrogen-bond donors (Lipinski definition) is 1. The molecule has 0 aliphatic rings. The Labute approximate surface area is 74.2 Å². The Morgan fingerprint density at radius 2 is 2.25 bits per heavy atom. The zero-order valence-electron chi connectivity index (χ0n) is 7.16. The van der Waals surface area contributed by atoms with Crippen LogP contribution < -0.4 is 4.72 Å². The van der Waals surface area contributed by atoms with E-state index in [1.54, 1.807) is 0 Å². The average Bonchev–Trinajstić information content (AvgIpc) is 2.05. The first kappa shape index (κ1) is 11.4. The maximum atomic E-state index is 10.8. The number of carbonyl (C=O) groups excluding carboxylic acids is 1. The molecule has 0 aromatic carbocycles. The molecule has 5 nitrogen and oxygen atoms in total. The second kappa shape index (κ2) is 7.05. The quantitative estimate of drug-likeness (QED) is 0.657. The Morgan fingerprint density at radius 3 is 2.75 bits per heavy atom. The lowest BCUT2D eigenvalue weighted by Crippen LogP contribution is -2.26. The lowest BCUT2D eigenvalue weighted by molar-refractivity contribution is 0.176. The van der Waals surface area contributed by atoms with E-state index in [2.05, 4.69) is 4.74 Å². The molecule has 0 fully saturated rings. The molecule has 0 aromatic heterocycles. The minimum atomic E-state index is -1.78. The molecule has 0 rings (SSSR count). The number of carbonyl (C=O) groups is 1. The molecule has 1 atom stereocenters. The Morgan fingerprint density at radius 1 is 1.58 bits per heavy atom. The van der Waals surface area contributed by atoms with Gasteiger partial charge in [0.25, 0.3) is 11.3 Å². The SMILES string of the molecule is CCCCOS(=O)NC(=O)OC. The van der Waals surface area contributed by atoms with Gasteiger partial charge in [0.1, 0.15) is 0 Å². The molecule has 12 heavy (non-hydrogen) atoms. The largest absolute Gasteiger partial charge is 0.452 e. The highest BCUT2D eigenvalue weighted by atomic mass is 32.2. The first-order valence-corrected chi connectivity index (χ1v) is 4.67. The number of rotatable bonds is 5. The highest BCUT2D eigenvalue weighted by molar-refractivity contribution is 7.78. The number of methoxy groups -OCH3 is 1. The van der Waals surface area contributed by atoms with Crippen molar-refractivity contribution in [2.75, 3.05) is 13.7 Å². The Bertz CT molecular complexity index is 162. The van der Waals surface area contributed by atoms with Crippen molar-refractivity contribution < 1.29 is 17.9 Å². The van der Waals surface area contributed by atoms with Gasteiger partial charge in [-0.2, -0.15) is 0 Å². The molecule has 0 saturated carbocycles. The molecular formula is C6H13NO4S. The van der Waals surface area contributed by atoms with Gasteiger partial charge in [0.05, 0.1) is 13.7 Å². The van der Waals surface area contributed by atoms with Gasteiger partial charge in [0, 0.05) is 0 Å². The average molecular weight is 195 g/mol. The molecule has 0 radical (unpaired) electrons. The van der Waals surface area contributed by atoms with Gasteiger partial charge in [0.15, 0.2) is 0 Å². The van der Waals surface area contributed by atoms with Crippen LogP contribution in [0.4, 0.5) is 4.79 Å². The summed E-state index contributed by atoms with van der Waals surface area (Å²) in [6, 6.07) is 0. The third-order valence-corrected chi connectivity index (χ3v) is 1.75. The Hall–Kier alpha value is -0.620. The van der Waals surface area contributed by atoms with Crippen LogP contribution in [0.3, 0.4) is 0 Å². The fraction of sp³-hybridized carbons (Fsp3) is 0.833. The van der Waals surface area contributed by atoms with E-state index in [1.807, 2.05) is 11.6 Å².